The highest BCUT2D eigenvalue weighted by Gasteiger charge is 2.33. The summed E-state index contributed by atoms with van der Waals surface area (Å²) in [6.07, 6.45) is 6.61. The molecule has 20 heavy (non-hydrogen) atoms. The first-order valence-electron chi connectivity index (χ1n) is 7.58. The molecule has 1 aliphatic heterocycles. The minimum Gasteiger partial charge on any atom is -0.292 e. The number of nitrogens with zero attached hydrogens (tertiary/aromatic N) is 1. The van der Waals surface area contributed by atoms with Gasteiger partial charge in [-0.15, -0.1) is 0 Å². The number of allylic oxidation sites excluding steroid dienone is 2. The first-order valence-corrected chi connectivity index (χ1v) is 7.58. The Morgan fingerprint density at radius 1 is 1.10 bits per heavy atom. The average molecular weight is 265 g/mol. The van der Waals surface area contributed by atoms with Crippen LogP contribution in [0.1, 0.15) is 36.9 Å². The van der Waals surface area contributed by atoms with Gasteiger partial charge in [-0.25, -0.2) is 0 Å². The molecular formula is C19H23N. The van der Waals surface area contributed by atoms with Gasteiger partial charge in [0.2, 0.25) is 0 Å². The Bertz CT molecular complexity index is 559. The molecule has 1 saturated heterocycles. The van der Waals surface area contributed by atoms with Crippen molar-refractivity contribution in [3.05, 3.63) is 66.3 Å². The van der Waals surface area contributed by atoms with Crippen molar-refractivity contribution in [2.75, 3.05) is 13.1 Å². The van der Waals surface area contributed by atoms with Gasteiger partial charge in [-0.2, -0.15) is 0 Å². The van der Waals surface area contributed by atoms with E-state index in [0.717, 1.165) is 5.92 Å². The van der Waals surface area contributed by atoms with E-state index in [1.165, 1.54) is 48.2 Å². The number of likely N-dealkylation sites (tertiary alicyclic amines) is 1. The summed E-state index contributed by atoms with van der Waals surface area (Å²) >= 11 is 0. The van der Waals surface area contributed by atoms with Gasteiger partial charge in [0.1, 0.15) is 0 Å². The maximum absolute atomic E-state index is 4.05. The van der Waals surface area contributed by atoms with Crippen LogP contribution < -0.4 is 0 Å². The van der Waals surface area contributed by atoms with Crippen LogP contribution in [-0.2, 0) is 0 Å². The third-order valence-corrected chi connectivity index (χ3v) is 4.76. The maximum Gasteiger partial charge on any atom is 0.0613 e. The van der Waals surface area contributed by atoms with Crippen LogP contribution in [0.3, 0.4) is 0 Å². The van der Waals surface area contributed by atoms with Gasteiger partial charge in [-0.05, 0) is 54.1 Å². The second kappa shape index (κ2) is 5.41. The molecule has 0 radical (unpaired) electrons. The van der Waals surface area contributed by atoms with Crippen molar-refractivity contribution in [2.24, 2.45) is 5.92 Å². The van der Waals surface area contributed by atoms with Gasteiger partial charge >= 0.3 is 0 Å². The summed E-state index contributed by atoms with van der Waals surface area (Å²) in [4.78, 5) is 2.62. The SMILES string of the molecule is C=CC1=C(C=C)C(N2CCC(C)CC2)c2ccccc21. The highest BCUT2D eigenvalue weighted by Crippen LogP contribution is 2.45. The predicted octanol–water partition coefficient (Wildman–Crippen LogP) is 4.60. The molecule has 2 aliphatic rings. The summed E-state index contributed by atoms with van der Waals surface area (Å²) in [5, 5.41) is 0. The first-order chi connectivity index (χ1) is 9.76. The molecule has 1 unspecified atom stereocenters. The van der Waals surface area contributed by atoms with Gasteiger partial charge in [0.25, 0.3) is 0 Å². The van der Waals surface area contributed by atoms with E-state index < -0.39 is 0 Å². The fourth-order valence-corrected chi connectivity index (χ4v) is 3.58. The van der Waals surface area contributed by atoms with Gasteiger partial charge in [-0.1, -0.05) is 56.5 Å². The smallest absolute Gasteiger partial charge is 0.0613 e. The number of hydrogen-bond acceptors (Lipinski definition) is 1. The van der Waals surface area contributed by atoms with Crippen LogP contribution in [0.15, 0.2) is 55.1 Å². The van der Waals surface area contributed by atoms with Gasteiger partial charge in [0.15, 0.2) is 0 Å². The van der Waals surface area contributed by atoms with Crippen LogP contribution in [0.4, 0.5) is 0 Å². The average Bonchev–Trinajstić information content (AvgIpc) is 2.81. The highest BCUT2D eigenvalue weighted by molar-refractivity contribution is 5.85. The Kier molecular flexibility index (Phi) is 3.62. The predicted molar refractivity (Wildman–Crippen MR) is 86.5 cm³/mol. The van der Waals surface area contributed by atoms with E-state index in [1.807, 2.05) is 12.2 Å². The molecule has 1 heteroatoms. The lowest BCUT2D eigenvalue weighted by atomic mass is 9.94. The lowest BCUT2D eigenvalue weighted by Gasteiger charge is -2.36. The Hall–Kier alpha value is -1.60. The molecule has 3 rings (SSSR count). The van der Waals surface area contributed by atoms with E-state index in [2.05, 4.69) is 49.2 Å². The van der Waals surface area contributed by atoms with Crippen molar-refractivity contribution in [2.45, 2.75) is 25.8 Å². The minimum absolute atomic E-state index is 0.379. The summed E-state index contributed by atoms with van der Waals surface area (Å²) in [5.41, 5.74) is 5.35. The lowest BCUT2D eigenvalue weighted by Crippen LogP contribution is -2.36. The van der Waals surface area contributed by atoms with Crippen molar-refractivity contribution in [1.29, 1.82) is 0 Å². The van der Waals surface area contributed by atoms with Crippen LogP contribution in [0.2, 0.25) is 0 Å². The normalized spacial score (nSPS) is 23.8. The number of benzene rings is 1. The second-order valence-electron chi connectivity index (χ2n) is 5.99. The van der Waals surface area contributed by atoms with E-state index in [-0.39, 0.29) is 0 Å². The third-order valence-electron chi connectivity index (χ3n) is 4.76. The molecule has 0 aromatic heterocycles. The van der Waals surface area contributed by atoms with Gasteiger partial charge in [0, 0.05) is 0 Å². The Labute approximate surface area is 122 Å². The van der Waals surface area contributed by atoms with Gasteiger partial charge in [-0.3, -0.25) is 4.90 Å². The number of fused-ring (bicyclic) bond motifs is 1. The molecule has 1 heterocycles. The molecule has 0 spiro atoms. The summed E-state index contributed by atoms with van der Waals surface area (Å²) in [6.45, 7) is 12.8. The van der Waals surface area contributed by atoms with Crippen molar-refractivity contribution < 1.29 is 0 Å². The van der Waals surface area contributed by atoms with Crippen LogP contribution >= 0.6 is 0 Å². The summed E-state index contributed by atoms with van der Waals surface area (Å²) in [5.74, 6) is 0.859. The topological polar surface area (TPSA) is 3.24 Å². The van der Waals surface area contributed by atoms with Gasteiger partial charge in [0.05, 0.1) is 6.04 Å². The van der Waals surface area contributed by atoms with Crippen LogP contribution in [0.5, 0.6) is 0 Å². The van der Waals surface area contributed by atoms with Crippen molar-refractivity contribution >= 4 is 5.57 Å². The number of piperidine rings is 1. The molecule has 0 N–H and O–H groups in total. The molecule has 1 aromatic carbocycles. The molecule has 1 atom stereocenters. The minimum atomic E-state index is 0.379. The summed E-state index contributed by atoms with van der Waals surface area (Å²) < 4.78 is 0. The van der Waals surface area contributed by atoms with E-state index in [9.17, 15) is 0 Å². The van der Waals surface area contributed by atoms with Crippen molar-refractivity contribution in [3.8, 4) is 0 Å². The lowest BCUT2D eigenvalue weighted by molar-refractivity contribution is 0.159. The van der Waals surface area contributed by atoms with E-state index in [1.54, 1.807) is 0 Å². The van der Waals surface area contributed by atoms with Gasteiger partial charge < -0.3 is 0 Å². The van der Waals surface area contributed by atoms with E-state index >= 15 is 0 Å². The first kappa shape index (κ1) is 13.4. The molecule has 104 valence electrons. The van der Waals surface area contributed by atoms with E-state index in [4.69, 9.17) is 0 Å². The largest absolute Gasteiger partial charge is 0.292 e. The Morgan fingerprint density at radius 2 is 1.80 bits per heavy atom. The summed E-state index contributed by atoms with van der Waals surface area (Å²) in [6, 6.07) is 9.11. The quantitative estimate of drug-likeness (QED) is 0.772. The Balaban J connectivity index is 2.03. The molecular weight excluding hydrogens is 242 g/mol. The molecule has 0 amide bonds. The molecule has 1 aliphatic carbocycles. The second-order valence-corrected chi connectivity index (χ2v) is 5.99. The number of hydrogen-bond donors (Lipinski definition) is 0. The highest BCUT2D eigenvalue weighted by atomic mass is 15.2. The zero-order valence-electron chi connectivity index (χ0n) is 12.3. The fourth-order valence-electron chi connectivity index (χ4n) is 3.58. The Morgan fingerprint density at radius 3 is 2.45 bits per heavy atom. The monoisotopic (exact) mass is 265 g/mol. The van der Waals surface area contributed by atoms with Crippen LogP contribution in [0.25, 0.3) is 5.57 Å². The zero-order chi connectivity index (χ0) is 14.1. The summed E-state index contributed by atoms with van der Waals surface area (Å²) in [7, 11) is 0. The molecule has 0 bridgehead atoms. The van der Waals surface area contributed by atoms with Crippen LogP contribution in [-0.4, -0.2) is 18.0 Å². The number of rotatable bonds is 3. The van der Waals surface area contributed by atoms with Crippen molar-refractivity contribution in [3.63, 3.8) is 0 Å². The van der Waals surface area contributed by atoms with Crippen LogP contribution in [0, 0.1) is 5.92 Å². The third kappa shape index (κ3) is 2.06. The maximum atomic E-state index is 4.05. The fraction of sp³-hybridized carbons (Fsp3) is 0.368. The van der Waals surface area contributed by atoms with E-state index in [0.29, 0.717) is 6.04 Å². The molecule has 1 aromatic rings. The zero-order valence-corrected chi connectivity index (χ0v) is 12.3. The molecule has 1 fully saturated rings. The standard InChI is InChI=1S/C19H23N/c1-4-15-16(5-2)19(18-9-7-6-8-17(15)18)20-12-10-14(3)11-13-20/h4-9,14,19H,1-2,10-13H2,3H3. The molecule has 0 saturated carbocycles. The van der Waals surface area contributed by atoms with Crippen molar-refractivity contribution in [1.82, 2.24) is 4.90 Å². The molecule has 1 nitrogen and oxygen atoms in total.